The highest BCUT2D eigenvalue weighted by atomic mass is 19.4. The van der Waals surface area contributed by atoms with E-state index < -0.39 is 6.36 Å². The molecule has 0 spiro atoms. The molecule has 0 bridgehead atoms. The molecule has 3 fully saturated rings. The first kappa shape index (κ1) is 20.5. The number of fused-ring (bicyclic) bond motifs is 1. The van der Waals surface area contributed by atoms with E-state index in [1.54, 1.807) is 12.1 Å². The number of hydrogen-bond acceptors (Lipinski definition) is 3. The van der Waals surface area contributed by atoms with Gasteiger partial charge in [-0.15, -0.1) is 13.2 Å². The van der Waals surface area contributed by atoms with Crippen molar-refractivity contribution in [3.05, 3.63) is 29.8 Å². The summed E-state index contributed by atoms with van der Waals surface area (Å²) in [6.07, 6.45) is 1.91. The van der Waals surface area contributed by atoms with Crippen molar-refractivity contribution in [3.8, 4) is 5.75 Å². The van der Waals surface area contributed by atoms with Gasteiger partial charge < -0.3 is 9.64 Å². The number of piperidine rings is 1. The summed E-state index contributed by atoms with van der Waals surface area (Å²) in [5.41, 5.74) is 0.970. The number of benzene rings is 1. The van der Waals surface area contributed by atoms with Crippen molar-refractivity contribution in [2.75, 3.05) is 26.2 Å². The van der Waals surface area contributed by atoms with E-state index in [9.17, 15) is 18.0 Å². The van der Waals surface area contributed by atoms with Crippen LogP contribution in [0.25, 0.3) is 0 Å². The fourth-order valence-corrected chi connectivity index (χ4v) is 5.22. The van der Waals surface area contributed by atoms with Gasteiger partial charge in [-0.3, -0.25) is 9.69 Å². The average Bonchev–Trinajstić information content (AvgIpc) is 3.26. The van der Waals surface area contributed by atoms with Crippen molar-refractivity contribution in [2.45, 2.75) is 51.4 Å². The second-order valence-electron chi connectivity index (χ2n) is 8.87. The molecule has 4 rings (SSSR count). The van der Waals surface area contributed by atoms with Crippen LogP contribution < -0.4 is 4.74 Å². The summed E-state index contributed by atoms with van der Waals surface area (Å²) in [5.74, 6) is 2.08. The molecular formula is C22H29F3N2O2. The van der Waals surface area contributed by atoms with Crippen LogP contribution in [-0.2, 0) is 11.3 Å². The summed E-state index contributed by atoms with van der Waals surface area (Å²) in [5, 5.41) is 0. The van der Waals surface area contributed by atoms with Crippen LogP contribution in [0.5, 0.6) is 5.75 Å². The zero-order chi connectivity index (χ0) is 20.4. The van der Waals surface area contributed by atoms with Gasteiger partial charge in [0.25, 0.3) is 0 Å². The Morgan fingerprint density at radius 2 is 1.62 bits per heavy atom. The normalized spacial score (nSPS) is 26.0. The minimum atomic E-state index is -4.66. The van der Waals surface area contributed by atoms with E-state index in [0.717, 1.165) is 56.4 Å². The third kappa shape index (κ3) is 5.44. The third-order valence-corrected chi connectivity index (χ3v) is 6.81. The molecule has 1 amide bonds. The summed E-state index contributed by atoms with van der Waals surface area (Å²) in [4.78, 5) is 17.1. The van der Waals surface area contributed by atoms with E-state index in [-0.39, 0.29) is 5.75 Å². The fourth-order valence-electron chi connectivity index (χ4n) is 5.22. The zero-order valence-corrected chi connectivity index (χ0v) is 16.7. The van der Waals surface area contributed by atoms with Crippen molar-refractivity contribution in [1.82, 2.24) is 9.80 Å². The smallest absolute Gasteiger partial charge is 0.406 e. The molecule has 7 heteroatoms. The summed E-state index contributed by atoms with van der Waals surface area (Å²) in [7, 11) is 0. The quantitative estimate of drug-likeness (QED) is 0.719. The van der Waals surface area contributed by atoms with Gasteiger partial charge in [-0.05, 0) is 74.2 Å². The SMILES string of the molecule is O=C(CC1CCN(Cc2ccc(OC(F)(F)F)cc2)CC1)N1CC2CCCC2C1. The molecule has 2 heterocycles. The Balaban J connectivity index is 1.19. The maximum atomic E-state index is 12.7. The number of hydrogen-bond donors (Lipinski definition) is 0. The molecule has 0 N–H and O–H groups in total. The maximum Gasteiger partial charge on any atom is 0.573 e. The molecule has 0 aromatic heterocycles. The molecule has 29 heavy (non-hydrogen) atoms. The standard InChI is InChI=1S/C22H29F3N2O2/c23-22(24,25)29-20-6-4-17(5-7-20)13-26-10-8-16(9-11-26)12-21(28)27-14-18-2-1-3-19(18)15-27/h4-7,16,18-19H,1-3,8-15H2. The van der Waals surface area contributed by atoms with E-state index >= 15 is 0 Å². The number of rotatable bonds is 5. The number of halogens is 3. The lowest BCUT2D eigenvalue weighted by Crippen LogP contribution is -2.36. The predicted molar refractivity (Wildman–Crippen MR) is 103 cm³/mol. The zero-order valence-electron chi connectivity index (χ0n) is 16.7. The van der Waals surface area contributed by atoms with Crippen LogP contribution in [0.1, 0.15) is 44.1 Å². The summed E-state index contributed by atoms with van der Waals surface area (Å²) in [6.45, 7) is 4.49. The first-order chi connectivity index (χ1) is 13.9. The minimum Gasteiger partial charge on any atom is -0.406 e. The molecule has 0 radical (unpaired) electrons. The van der Waals surface area contributed by atoms with Crippen molar-refractivity contribution in [2.24, 2.45) is 17.8 Å². The molecule has 1 saturated carbocycles. The third-order valence-electron chi connectivity index (χ3n) is 6.81. The van der Waals surface area contributed by atoms with Crippen LogP contribution in [0.3, 0.4) is 0 Å². The Kier molecular flexibility index (Phi) is 6.04. The molecule has 2 aliphatic heterocycles. The highest BCUT2D eigenvalue weighted by molar-refractivity contribution is 5.76. The largest absolute Gasteiger partial charge is 0.573 e. The number of carbonyl (C=O) groups excluding carboxylic acids is 1. The van der Waals surface area contributed by atoms with Gasteiger partial charge in [0.05, 0.1) is 0 Å². The van der Waals surface area contributed by atoms with Gasteiger partial charge in [0.15, 0.2) is 0 Å². The van der Waals surface area contributed by atoms with Gasteiger partial charge >= 0.3 is 6.36 Å². The van der Waals surface area contributed by atoms with Crippen LogP contribution in [0.2, 0.25) is 0 Å². The van der Waals surface area contributed by atoms with Crippen LogP contribution in [-0.4, -0.2) is 48.2 Å². The Bertz CT molecular complexity index is 687. The van der Waals surface area contributed by atoms with E-state index in [1.807, 2.05) is 0 Å². The van der Waals surface area contributed by atoms with E-state index in [2.05, 4.69) is 14.5 Å². The lowest BCUT2D eigenvalue weighted by molar-refractivity contribution is -0.274. The Labute approximate surface area is 170 Å². The van der Waals surface area contributed by atoms with Gasteiger partial charge in [0, 0.05) is 26.1 Å². The monoisotopic (exact) mass is 410 g/mol. The second-order valence-corrected chi connectivity index (χ2v) is 8.87. The average molecular weight is 410 g/mol. The first-order valence-corrected chi connectivity index (χ1v) is 10.7. The lowest BCUT2D eigenvalue weighted by atomic mass is 9.92. The van der Waals surface area contributed by atoms with Crippen molar-refractivity contribution < 1.29 is 22.7 Å². The number of ether oxygens (including phenoxy) is 1. The molecule has 1 aromatic carbocycles. The van der Waals surface area contributed by atoms with Crippen molar-refractivity contribution >= 4 is 5.91 Å². The van der Waals surface area contributed by atoms with Gasteiger partial charge in [-0.1, -0.05) is 18.6 Å². The Morgan fingerprint density at radius 3 is 2.21 bits per heavy atom. The van der Waals surface area contributed by atoms with Crippen molar-refractivity contribution in [1.29, 1.82) is 0 Å². The van der Waals surface area contributed by atoms with Crippen LogP contribution in [0.15, 0.2) is 24.3 Å². The molecule has 160 valence electrons. The number of likely N-dealkylation sites (tertiary alicyclic amines) is 2. The molecule has 1 aliphatic carbocycles. The molecule has 2 atom stereocenters. The van der Waals surface area contributed by atoms with E-state index in [4.69, 9.17) is 0 Å². The van der Waals surface area contributed by atoms with Crippen LogP contribution in [0.4, 0.5) is 13.2 Å². The van der Waals surface area contributed by atoms with Gasteiger partial charge in [-0.25, -0.2) is 0 Å². The molecule has 1 aromatic rings. The number of carbonyl (C=O) groups is 1. The first-order valence-electron chi connectivity index (χ1n) is 10.7. The van der Waals surface area contributed by atoms with Gasteiger partial charge in [0.2, 0.25) is 5.91 Å². The van der Waals surface area contributed by atoms with E-state index in [0.29, 0.717) is 24.8 Å². The Morgan fingerprint density at radius 1 is 1.00 bits per heavy atom. The minimum absolute atomic E-state index is 0.190. The number of nitrogens with zero attached hydrogens (tertiary/aromatic N) is 2. The van der Waals surface area contributed by atoms with E-state index in [1.165, 1.54) is 31.4 Å². The molecule has 4 nitrogen and oxygen atoms in total. The summed E-state index contributed by atoms with van der Waals surface area (Å²) < 4.78 is 40.6. The fraction of sp³-hybridized carbons (Fsp3) is 0.682. The second kappa shape index (κ2) is 8.54. The molecule has 2 saturated heterocycles. The highest BCUT2D eigenvalue weighted by Gasteiger charge is 2.38. The predicted octanol–water partition coefficient (Wildman–Crippen LogP) is 4.45. The van der Waals surface area contributed by atoms with Crippen LogP contribution in [0, 0.1) is 17.8 Å². The molecule has 2 unspecified atom stereocenters. The van der Waals surface area contributed by atoms with Crippen LogP contribution >= 0.6 is 0 Å². The van der Waals surface area contributed by atoms with Gasteiger partial charge in [-0.2, -0.15) is 0 Å². The molecular weight excluding hydrogens is 381 g/mol. The number of alkyl halides is 3. The number of amides is 1. The summed E-state index contributed by atoms with van der Waals surface area (Å²) >= 11 is 0. The highest BCUT2D eigenvalue weighted by Crippen LogP contribution is 2.38. The molecule has 3 aliphatic rings. The summed E-state index contributed by atoms with van der Waals surface area (Å²) in [6, 6.07) is 6.08. The topological polar surface area (TPSA) is 32.8 Å². The van der Waals surface area contributed by atoms with Gasteiger partial charge in [0.1, 0.15) is 5.75 Å². The maximum absolute atomic E-state index is 12.7. The van der Waals surface area contributed by atoms with Crippen molar-refractivity contribution in [3.63, 3.8) is 0 Å². The Hall–Kier alpha value is -1.76. The lowest BCUT2D eigenvalue weighted by Gasteiger charge is -2.32.